The molecule has 0 atom stereocenters. The maximum absolute atomic E-state index is 11.2. The fourth-order valence-electron chi connectivity index (χ4n) is 1.69. The Morgan fingerprint density at radius 2 is 2.12 bits per heavy atom. The van der Waals surface area contributed by atoms with Crippen LogP contribution in [0.15, 0.2) is 0 Å². The van der Waals surface area contributed by atoms with Crippen molar-refractivity contribution in [1.29, 1.82) is 5.26 Å². The van der Waals surface area contributed by atoms with Crippen LogP contribution in [0.4, 0.5) is 4.79 Å². The molecule has 2 amide bonds. The number of rotatable bonds is 2. The van der Waals surface area contributed by atoms with Crippen molar-refractivity contribution >= 4 is 12.0 Å². The largest absolute Gasteiger partial charge is 0.453 e. The lowest BCUT2D eigenvalue weighted by atomic mass is 10.1. The number of hydrogen-bond acceptors (Lipinski definition) is 4. The molecule has 0 spiro atoms. The summed E-state index contributed by atoms with van der Waals surface area (Å²) in [5.41, 5.74) is 0. The first-order valence-corrected chi connectivity index (χ1v) is 5.16. The van der Waals surface area contributed by atoms with Gasteiger partial charge in [-0.25, -0.2) is 4.79 Å². The second kappa shape index (κ2) is 5.95. The molecule has 1 fully saturated rings. The number of carbonyl (C=O) groups is 2. The first-order chi connectivity index (χ1) is 7.67. The first kappa shape index (κ1) is 12.3. The van der Waals surface area contributed by atoms with Gasteiger partial charge in [0.05, 0.1) is 13.2 Å². The third-order valence-corrected chi connectivity index (χ3v) is 2.53. The topological polar surface area (TPSA) is 82.4 Å². The Kier molecular flexibility index (Phi) is 4.58. The monoisotopic (exact) mass is 225 g/mol. The van der Waals surface area contributed by atoms with Crippen molar-refractivity contribution in [3.63, 3.8) is 0 Å². The molecular weight excluding hydrogens is 210 g/mol. The third kappa shape index (κ3) is 3.42. The number of likely N-dealkylation sites (tertiary alicyclic amines) is 1. The summed E-state index contributed by atoms with van der Waals surface area (Å²) in [5, 5.41) is 11.1. The van der Waals surface area contributed by atoms with Crippen LogP contribution in [0.2, 0.25) is 0 Å². The summed E-state index contributed by atoms with van der Waals surface area (Å²) in [5.74, 6) is -0.251. The zero-order valence-corrected chi connectivity index (χ0v) is 9.23. The van der Waals surface area contributed by atoms with Crippen LogP contribution >= 0.6 is 0 Å². The maximum Gasteiger partial charge on any atom is 0.409 e. The molecule has 0 unspecified atom stereocenters. The molecule has 0 aliphatic carbocycles. The molecule has 1 N–H and O–H groups in total. The van der Waals surface area contributed by atoms with Gasteiger partial charge in [0, 0.05) is 19.1 Å². The Bertz CT molecular complexity index is 303. The van der Waals surface area contributed by atoms with Crippen LogP contribution in [0.5, 0.6) is 0 Å². The van der Waals surface area contributed by atoms with Crippen molar-refractivity contribution < 1.29 is 14.3 Å². The molecule has 0 saturated carbocycles. The minimum atomic E-state index is -0.332. The van der Waals surface area contributed by atoms with Gasteiger partial charge in [0.1, 0.15) is 6.42 Å². The lowest BCUT2D eigenvalue weighted by Gasteiger charge is -2.31. The molecule has 1 heterocycles. The van der Waals surface area contributed by atoms with Gasteiger partial charge < -0.3 is 15.0 Å². The van der Waals surface area contributed by atoms with Crippen molar-refractivity contribution in [1.82, 2.24) is 10.2 Å². The molecule has 6 nitrogen and oxygen atoms in total. The number of carbonyl (C=O) groups excluding carboxylic acids is 2. The van der Waals surface area contributed by atoms with Crippen molar-refractivity contribution in [2.75, 3.05) is 20.2 Å². The Labute approximate surface area is 94.2 Å². The highest BCUT2D eigenvalue weighted by Crippen LogP contribution is 2.11. The molecule has 0 bridgehead atoms. The van der Waals surface area contributed by atoms with E-state index in [0.29, 0.717) is 25.9 Å². The summed E-state index contributed by atoms with van der Waals surface area (Å²) in [6, 6.07) is 1.85. The Morgan fingerprint density at radius 1 is 1.50 bits per heavy atom. The van der Waals surface area contributed by atoms with E-state index in [1.807, 2.05) is 0 Å². The van der Waals surface area contributed by atoms with Gasteiger partial charge in [0.15, 0.2) is 0 Å². The van der Waals surface area contributed by atoms with Gasteiger partial charge in [0.25, 0.3) is 0 Å². The molecule has 1 saturated heterocycles. The maximum atomic E-state index is 11.2. The molecule has 0 aromatic rings. The first-order valence-electron chi connectivity index (χ1n) is 5.16. The van der Waals surface area contributed by atoms with E-state index in [1.54, 1.807) is 11.0 Å². The molecule has 1 aliphatic heterocycles. The molecule has 16 heavy (non-hydrogen) atoms. The van der Waals surface area contributed by atoms with Crippen molar-refractivity contribution in [3.8, 4) is 6.07 Å². The van der Waals surface area contributed by atoms with E-state index >= 15 is 0 Å². The van der Waals surface area contributed by atoms with E-state index in [0.717, 1.165) is 0 Å². The van der Waals surface area contributed by atoms with Crippen LogP contribution in [0, 0.1) is 11.3 Å². The Hall–Kier alpha value is -1.77. The number of ether oxygens (including phenoxy) is 1. The molecule has 6 heteroatoms. The SMILES string of the molecule is COC(=O)N1CCC(NC(=O)CC#N)CC1. The normalized spacial score (nSPS) is 16.4. The number of nitrogens with zero attached hydrogens (tertiary/aromatic N) is 2. The molecule has 0 aromatic carbocycles. The summed E-state index contributed by atoms with van der Waals surface area (Å²) >= 11 is 0. The number of nitriles is 1. The van der Waals surface area contributed by atoms with Crippen LogP contribution in [0.25, 0.3) is 0 Å². The van der Waals surface area contributed by atoms with E-state index in [-0.39, 0.29) is 24.5 Å². The van der Waals surface area contributed by atoms with E-state index in [2.05, 4.69) is 10.1 Å². The Morgan fingerprint density at radius 3 is 2.62 bits per heavy atom. The van der Waals surface area contributed by atoms with Gasteiger partial charge in [0.2, 0.25) is 5.91 Å². The van der Waals surface area contributed by atoms with Crippen molar-refractivity contribution in [2.24, 2.45) is 0 Å². The number of amides is 2. The molecule has 88 valence electrons. The summed E-state index contributed by atoms with van der Waals surface area (Å²) in [7, 11) is 1.35. The van der Waals surface area contributed by atoms with E-state index < -0.39 is 0 Å². The molecular formula is C10H15N3O3. The van der Waals surface area contributed by atoms with Crippen molar-refractivity contribution in [2.45, 2.75) is 25.3 Å². The lowest BCUT2D eigenvalue weighted by Crippen LogP contribution is -2.46. The van der Waals surface area contributed by atoms with Crippen LogP contribution in [-0.2, 0) is 9.53 Å². The highest BCUT2D eigenvalue weighted by atomic mass is 16.5. The van der Waals surface area contributed by atoms with Gasteiger partial charge in [-0.15, -0.1) is 0 Å². The van der Waals surface area contributed by atoms with Crippen LogP contribution in [-0.4, -0.2) is 43.1 Å². The molecule has 1 aliphatic rings. The smallest absolute Gasteiger partial charge is 0.409 e. The number of piperidine rings is 1. The van der Waals surface area contributed by atoms with Gasteiger partial charge in [-0.05, 0) is 12.8 Å². The fraction of sp³-hybridized carbons (Fsp3) is 0.700. The highest BCUT2D eigenvalue weighted by Gasteiger charge is 2.23. The van der Waals surface area contributed by atoms with E-state index in [4.69, 9.17) is 5.26 Å². The molecule has 1 rings (SSSR count). The summed E-state index contributed by atoms with van der Waals surface area (Å²) in [6.45, 7) is 1.15. The van der Waals surface area contributed by atoms with Gasteiger partial charge in [-0.2, -0.15) is 5.26 Å². The zero-order valence-electron chi connectivity index (χ0n) is 9.23. The highest BCUT2D eigenvalue weighted by molar-refractivity contribution is 5.78. The average molecular weight is 225 g/mol. The standard InChI is InChI=1S/C10H15N3O3/c1-16-10(15)13-6-3-8(4-7-13)12-9(14)2-5-11/h8H,2-4,6-7H2,1H3,(H,12,14). The number of nitrogens with one attached hydrogen (secondary N) is 1. The number of hydrogen-bond donors (Lipinski definition) is 1. The van der Waals surface area contributed by atoms with Crippen LogP contribution < -0.4 is 5.32 Å². The molecule has 0 aromatic heterocycles. The predicted molar refractivity (Wildman–Crippen MR) is 55.4 cm³/mol. The zero-order chi connectivity index (χ0) is 12.0. The van der Waals surface area contributed by atoms with Gasteiger partial charge in [-0.1, -0.05) is 0 Å². The van der Waals surface area contributed by atoms with E-state index in [9.17, 15) is 9.59 Å². The van der Waals surface area contributed by atoms with E-state index in [1.165, 1.54) is 7.11 Å². The Balaban J connectivity index is 2.30. The van der Waals surface area contributed by atoms with Gasteiger partial charge in [-0.3, -0.25) is 4.79 Å². The number of methoxy groups -OCH3 is 1. The second-order valence-electron chi connectivity index (χ2n) is 3.63. The quantitative estimate of drug-likeness (QED) is 0.730. The minimum Gasteiger partial charge on any atom is -0.453 e. The lowest BCUT2D eigenvalue weighted by molar-refractivity contribution is -0.121. The minimum absolute atomic E-state index is 0.0572. The summed E-state index contributed by atoms with van der Waals surface area (Å²) in [4.78, 5) is 23.9. The van der Waals surface area contributed by atoms with Crippen molar-refractivity contribution in [3.05, 3.63) is 0 Å². The van der Waals surface area contributed by atoms with Gasteiger partial charge >= 0.3 is 6.09 Å². The van der Waals surface area contributed by atoms with Crippen LogP contribution in [0.3, 0.4) is 0 Å². The summed E-state index contributed by atoms with van der Waals surface area (Å²) in [6.07, 6.45) is 0.956. The summed E-state index contributed by atoms with van der Waals surface area (Å²) < 4.78 is 4.60. The molecule has 0 radical (unpaired) electrons. The van der Waals surface area contributed by atoms with Crippen LogP contribution in [0.1, 0.15) is 19.3 Å². The third-order valence-electron chi connectivity index (χ3n) is 2.53. The second-order valence-corrected chi connectivity index (χ2v) is 3.63. The predicted octanol–water partition coefficient (Wildman–Crippen LogP) is 0.247. The fourth-order valence-corrected chi connectivity index (χ4v) is 1.69. The average Bonchev–Trinajstić information content (AvgIpc) is 2.29.